The molecule has 1 unspecified atom stereocenters. The van der Waals surface area contributed by atoms with Gasteiger partial charge < -0.3 is 0 Å². The van der Waals surface area contributed by atoms with Gasteiger partial charge in [0.2, 0.25) is 0 Å². The van der Waals surface area contributed by atoms with E-state index in [0.29, 0.717) is 5.16 Å². The average molecular weight is 367 g/mol. The van der Waals surface area contributed by atoms with Crippen molar-refractivity contribution in [2.75, 3.05) is 0 Å². The monoisotopic (exact) mass is 366 g/mol. The Hall–Kier alpha value is -1.13. The van der Waals surface area contributed by atoms with Crippen molar-refractivity contribution in [1.29, 1.82) is 0 Å². The first-order chi connectivity index (χ1) is 12.8. The van der Waals surface area contributed by atoms with Crippen LogP contribution >= 0.6 is 7.92 Å². The maximum absolute atomic E-state index is 2.47. The lowest BCUT2D eigenvalue weighted by molar-refractivity contribution is 0.479. The third-order valence-corrected chi connectivity index (χ3v) is 10.8. The molecule has 0 radical (unpaired) electrons. The normalized spacial score (nSPS) is 17.2. The molecule has 0 aromatic heterocycles. The highest BCUT2D eigenvalue weighted by Crippen LogP contribution is 2.62. The second kappa shape index (κ2) is 9.18. The minimum absolute atomic E-state index is 0.166. The molecule has 0 saturated heterocycles. The van der Waals surface area contributed by atoms with Crippen LogP contribution in [0.3, 0.4) is 0 Å². The predicted octanol–water partition coefficient (Wildman–Crippen LogP) is 7.76. The van der Waals surface area contributed by atoms with Gasteiger partial charge in [-0.2, -0.15) is 0 Å². The minimum Gasteiger partial charge on any atom is -0.0651 e. The van der Waals surface area contributed by atoms with Crippen LogP contribution < -0.4 is 5.30 Å². The summed E-state index contributed by atoms with van der Waals surface area (Å²) in [5, 5.41) is 2.16. The van der Waals surface area contributed by atoms with Gasteiger partial charge in [-0.25, -0.2) is 0 Å². The molecule has 0 bridgehead atoms. The van der Waals surface area contributed by atoms with Crippen LogP contribution in [0.4, 0.5) is 0 Å². The molecule has 1 atom stereocenters. The van der Waals surface area contributed by atoms with E-state index in [2.05, 4.69) is 75.4 Å². The van der Waals surface area contributed by atoms with E-state index in [1.807, 2.05) is 0 Å². The molecule has 0 nitrogen and oxygen atoms in total. The molecule has 1 aliphatic carbocycles. The fourth-order valence-corrected chi connectivity index (χ4v) is 9.28. The van der Waals surface area contributed by atoms with Gasteiger partial charge in [-0.3, -0.25) is 0 Å². The van der Waals surface area contributed by atoms with Gasteiger partial charge in [0.25, 0.3) is 0 Å². The Bertz CT molecular complexity index is 657. The van der Waals surface area contributed by atoms with E-state index in [1.54, 1.807) is 5.30 Å². The summed E-state index contributed by atoms with van der Waals surface area (Å²) in [4.78, 5) is 0. The predicted molar refractivity (Wildman–Crippen MR) is 119 cm³/mol. The van der Waals surface area contributed by atoms with Gasteiger partial charge in [0.1, 0.15) is 0 Å². The first-order valence-corrected chi connectivity index (χ1v) is 12.1. The molecule has 1 heteroatoms. The molecular formula is C25H35P. The Morgan fingerprint density at radius 2 is 1.35 bits per heavy atom. The SMILES string of the molecule is CCC(CC)(CC)P(c1ccccc1-c1ccccc1)C1CCCCC1. The van der Waals surface area contributed by atoms with Crippen molar-refractivity contribution >= 4 is 13.2 Å². The van der Waals surface area contributed by atoms with E-state index in [9.17, 15) is 0 Å². The maximum atomic E-state index is 2.47. The zero-order valence-electron chi connectivity index (χ0n) is 16.9. The smallest absolute Gasteiger partial charge is 0.00595 e. The van der Waals surface area contributed by atoms with Gasteiger partial charge in [0, 0.05) is 0 Å². The zero-order chi connectivity index (χ0) is 18.4. The summed E-state index contributed by atoms with van der Waals surface area (Å²) in [6, 6.07) is 20.4. The van der Waals surface area contributed by atoms with E-state index in [1.165, 1.54) is 62.5 Å². The van der Waals surface area contributed by atoms with Crippen LogP contribution in [-0.4, -0.2) is 10.8 Å². The molecular weight excluding hydrogens is 331 g/mol. The third-order valence-electron chi connectivity index (χ3n) is 6.67. The number of hydrogen-bond acceptors (Lipinski definition) is 0. The highest BCUT2D eigenvalue weighted by molar-refractivity contribution is 7.68. The minimum atomic E-state index is -0.166. The van der Waals surface area contributed by atoms with Crippen LogP contribution in [0, 0.1) is 0 Å². The van der Waals surface area contributed by atoms with E-state index < -0.39 is 0 Å². The van der Waals surface area contributed by atoms with Crippen LogP contribution in [0.15, 0.2) is 54.6 Å². The molecule has 140 valence electrons. The van der Waals surface area contributed by atoms with Crippen LogP contribution in [0.1, 0.15) is 72.1 Å². The molecule has 1 saturated carbocycles. The van der Waals surface area contributed by atoms with Crippen LogP contribution in [-0.2, 0) is 0 Å². The van der Waals surface area contributed by atoms with Crippen molar-refractivity contribution in [2.24, 2.45) is 0 Å². The first-order valence-electron chi connectivity index (χ1n) is 10.7. The largest absolute Gasteiger partial charge is 0.0651 e. The number of hydrogen-bond donors (Lipinski definition) is 0. The molecule has 0 aliphatic heterocycles. The Balaban J connectivity index is 2.13. The molecule has 0 heterocycles. The Morgan fingerprint density at radius 3 is 1.96 bits per heavy atom. The van der Waals surface area contributed by atoms with Gasteiger partial charge in [0.15, 0.2) is 0 Å². The summed E-state index contributed by atoms with van der Waals surface area (Å²) in [7, 11) is -0.166. The van der Waals surface area contributed by atoms with Gasteiger partial charge in [-0.1, -0.05) is 103 Å². The maximum Gasteiger partial charge on any atom is -0.00595 e. The number of benzene rings is 2. The Labute approximate surface area is 162 Å². The lowest BCUT2D eigenvalue weighted by atomic mass is 9.98. The fourth-order valence-electron chi connectivity index (χ4n) is 4.99. The van der Waals surface area contributed by atoms with Crippen molar-refractivity contribution in [2.45, 2.75) is 83.0 Å². The third kappa shape index (κ3) is 3.91. The standard InChI is InChI=1S/C25H35P/c1-4-25(5-2,6-3)26(22-17-11-8-12-18-22)24-20-14-13-19-23(24)21-15-9-7-10-16-21/h7,9-10,13-16,19-20,22H,4-6,8,11-12,17-18H2,1-3H3. The molecule has 26 heavy (non-hydrogen) atoms. The second-order valence-electron chi connectivity index (χ2n) is 7.83. The van der Waals surface area contributed by atoms with Crippen molar-refractivity contribution < 1.29 is 0 Å². The lowest BCUT2D eigenvalue weighted by Gasteiger charge is -2.46. The summed E-state index contributed by atoms with van der Waals surface area (Å²) in [5.41, 5.74) is 3.79. The first kappa shape index (κ1) is 19.6. The Morgan fingerprint density at radius 1 is 0.769 bits per heavy atom. The highest BCUT2D eigenvalue weighted by Gasteiger charge is 2.40. The molecule has 2 aromatic carbocycles. The molecule has 3 rings (SSSR count). The zero-order valence-corrected chi connectivity index (χ0v) is 17.8. The number of rotatable bonds is 7. The highest BCUT2D eigenvalue weighted by atomic mass is 31.1. The van der Waals surface area contributed by atoms with Gasteiger partial charge in [-0.05, 0) is 59.4 Å². The van der Waals surface area contributed by atoms with Gasteiger partial charge in [-0.15, -0.1) is 0 Å². The van der Waals surface area contributed by atoms with E-state index in [0.717, 1.165) is 5.66 Å². The lowest BCUT2D eigenvalue weighted by Crippen LogP contribution is -2.35. The molecule has 0 N–H and O–H groups in total. The summed E-state index contributed by atoms with van der Waals surface area (Å²) >= 11 is 0. The average Bonchev–Trinajstić information content (AvgIpc) is 2.73. The van der Waals surface area contributed by atoms with Crippen LogP contribution in [0.2, 0.25) is 0 Å². The molecule has 0 amide bonds. The van der Waals surface area contributed by atoms with E-state index in [-0.39, 0.29) is 7.92 Å². The van der Waals surface area contributed by atoms with Crippen molar-refractivity contribution in [3.63, 3.8) is 0 Å². The van der Waals surface area contributed by atoms with E-state index in [4.69, 9.17) is 0 Å². The van der Waals surface area contributed by atoms with Crippen molar-refractivity contribution in [3.8, 4) is 11.1 Å². The van der Waals surface area contributed by atoms with Crippen molar-refractivity contribution in [3.05, 3.63) is 54.6 Å². The fraction of sp³-hybridized carbons (Fsp3) is 0.520. The Kier molecular flexibility index (Phi) is 6.93. The van der Waals surface area contributed by atoms with Gasteiger partial charge in [0.05, 0.1) is 0 Å². The quantitative estimate of drug-likeness (QED) is 0.439. The van der Waals surface area contributed by atoms with Gasteiger partial charge >= 0.3 is 0 Å². The van der Waals surface area contributed by atoms with Crippen molar-refractivity contribution in [1.82, 2.24) is 0 Å². The molecule has 0 spiro atoms. The molecule has 1 aliphatic rings. The van der Waals surface area contributed by atoms with E-state index >= 15 is 0 Å². The topological polar surface area (TPSA) is 0 Å². The van der Waals surface area contributed by atoms with Crippen LogP contribution in [0.25, 0.3) is 11.1 Å². The summed E-state index contributed by atoms with van der Waals surface area (Å²) in [6.07, 6.45) is 11.1. The summed E-state index contributed by atoms with van der Waals surface area (Å²) in [5.74, 6) is 0. The molecule has 1 fully saturated rings. The van der Waals surface area contributed by atoms with Crippen LogP contribution in [0.5, 0.6) is 0 Å². The second-order valence-corrected chi connectivity index (χ2v) is 10.7. The molecule has 2 aromatic rings. The summed E-state index contributed by atoms with van der Waals surface area (Å²) in [6.45, 7) is 7.32. The summed E-state index contributed by atoms with van der Waals surface area (Å²) < 4.78 is 0.